The first-order valence-electron chi connectivity index (χ1n) is 9.91. The zero-order chi connectivity index (χ0) is 19.6. The van der Waals surface area contributed by atoms with E-state index in [1.807, 2.05) is 43.3 Å². The number of hydrogen-bond donors (Lipinski definition) is 0. The molecule has 2 heterocycles. The van der Waals surface area contributed by atoms with Gasteiger partial charge in [0.15, 0.2) is 11.6 Å². The average molecular weight is 367 g/mol. The van der Waals surface area contributed by atoms with Gasteiger partial charge in [-0.1, -0.05) is 30.3 Å². The number of likely N-dealkylation sites (tertiary alicyclic amines) is 1. The smallest absolute Gasteiger partial charge is 0.178 e. The van der Waals surface area contributed by atoms with E-state index in [-0.39, 0.29) is 17.5 Å². The topological polar surface area (TPSA) is 42.3 Å². The molecule has 1 aromatic carbocycles. The van der Waals surface area contributed by atoms with Crippen LogP contribution in [0.2, 0.25) is 0 Å². The maximum absolute atomic E-state index is 12.8. The van der Waals surface area contributed by atoms with Crippen LogP contribution in [0.3, 0.4) is 0 Å². The van der Waals surface area contributed by atoms with Crippen molar-refractivity contribution in [2.24, 2.45) is 5.92 Å². The molecule has 1 aliphatic heterocycles. The summed E-state index contributed by atoms with van der Waals surface area (Å²) in [6, 6.07) is 11.9. The number of piperidine rings is 1. The minimum atomic E-state index is 0.0738. The molecule has 0 saturated carbocycles. The van der Waals surface area contributed by atoms with Crippen LogP contribution in [-0.4, -0.2) is 40.7 Å². The summed E-state index contributed by atoms with van der Waals surface area (Å²) in [6.07, 6.45) is 1.65. The molecule has 0 bridgehead atoms. The van der Waals surface area contributed by atoms with Crippen molar-refractivity contribution in [3.8, 4) is 0 Å². The van der Waals surface area contributed by atoms with E-state index < -0.39 is 0 Å². The Morgan fingerprint density at radius 3 is 2.26 bits per heavy atom. The Kier molecular flexibility index (Phi) is 5.95. The lowest BCUT2D eigenvalue weighted by Crippen LogP contribution is -2.39. The molecule has 0 radical (unpaired) electrons. The van der Waals surface area contributed by atoms with E-state index in [0.29, 0.717) is 12.6 Å². The summed E-state index contributed by atoms with van der Waals surface area (Å²) in [5.41, 5.74) is 3.83. The van der Waals surface area contributed by atoms with Crippen molar-refractivity contribution in [2.45, 2.75) is 46.6 Å². The Morgan fingerprint density at radius 2 is 1.70 bits per heavy atom. The minimum Gasteiger partial charge on any atom is -0.346 e. The van der Waals surface area contributed by atoms with E-state index in [2.05, 4.69) is 30.2 Å². The molecule has 0 amide bonds. The predicted molar refractivity (Wildman–Crippen MR) is 109 cm³/mol. The predicted octanol–water partition coefficient (Wildman–Crippen LogP) is 4.46. The molecule has 1 saturated heterocycles. The van der Waals surface area contributed by atoms with Crippen LogP contribution in [0.15, 0.2) is 36.4 Å². The number of carbonyl (C=O) groups excluding carboxylic acids is 2. The minimum absolute atomic E-state index is 0.0738. The van der Waals surface area contributed by atoms with Crippen molar-refractivity contribution in [3.05, 3.63) is 58.9 Å². The van der Waals surface area contributed by atoms with Crippen molar-refractivity contribution in [1.29, 1.82) is 0 Å². The summed E-state index contributed by atoms with van der Waals surface area (Å²) < 4.78 is 2.22. The quantitative estimate of drug-likeness (QED) is 0.709. The van der Waals surface area contributed by atoms with E-state index in [9.17, 15) is 9.59 Å². The van der Waals surface area contributed by atoms with Gasteiger partial charge in [0.1, 0.15) is 0 Å². The van der Waals surface area contributed by atoms with Crippen molar-refractivity contribution in [3.63, 3.8) is 0 Å². The number of nitrogens with zero attached hydrogens (tertiary/aromatic N) is 2. The largest absolute Gasteiger partial charge is 0.346 e. The van der Waals surface area contributed by atoms with Gasteiger partial charge in [-0.15, -0.1) is 0 Å². The summed E-state index contributed by atoms with van der Waals surface area (Å²) in [5.74, 6) is 0.495. The molecule has 4 heteroatoms. The average Bonchev–Trinajstić information content (AvgIpc) is 2.97. The number of aromatic nitrogens is 1. The molecule has 1 fully saturated rings. The first-order valence-corrected chi connectivity index (χ1v) is 9.91. The summed E-state index contributed by atoms with van der Waals surface area (Å²) >= 11 is 0. The number of aryl methyl sites for hydroxylation is 1. The second-order valence-electron chi connectivity index (χ2n) is 7.95. The highest BCUT2D eigenvalue weighted by molar-refractivity contribution is 5.99. The van der Waals surface area contributed by atoms with Gasteiger partial charge in [0, 0.05) is 34.5 Å². The fourth-order valence-corrected chi connectivity index (χ4v) is 4.33. The number of ketones is 2. The standard InChI is InChI=1S/C23H30N2O2/c1-16(2)25-17(3)14-21(18(25)4)22(26)15-24-12-10-20(11-13-24)23(27)19-8-6-5-7-9-19/h5-9,14,16,20H,10-13,15H2,1-4H3. The molecule has 144 valence electrons. The van der Waals surface area contributed by atoms with Gasteiger partial charge in [-0.25, -0.2) is 0 Å². The van der Waals surface area contributed by atoms with Gasteiger partial charge in [-0.3, -0.25) is 14.5 Å². The molecule has 27 heavy (non-hydrogen) atoms. The Bertz CT molecular complexity index is 812. The zero-order valence-corrected chi connectivity index (χ0v) is 16.9. The number of Topliss-reactive ketones (excluding diaryl/α,β-unsaturated/α-hetero) is 2. The van der Waals surface area contributed by atoms with Gasteiger partial charge in [0.05, 0.1) is 6.54 Å². The molecular formula is C23H30N2O2. The summed E-state index contributed by atoms with van der Waals surface area (Å²) in [7, 11) is 0. The summed E-state index contributed by atoms with van der Waals surface area (Å²) in [6.45, 7) is 10.4. The van der Waals surface area contributed by atoms with Crippen LogP contribution in [0.25, 0.3) is 0 Å². The Hall–Kier alpha value is -2.20. The van der Waals surface area contributed by atoms with Gasteiger partial charge in [0.2, 0.25) is 0 Å². The molecule has 4 nitrogen and oxygen atoms in total. The van der Waals surface area contributed by atoms with Gasteiger partial charge in [-0.05, 0) is 59.7 Å². The van der Waals surface area contributed by atoms with Crippen molar-refractivity contribution in [1.82, 2.24) is 9.47 Å². The summed E-state index contributed by atoms with van der Waals surface area (Å²) in [5, 5.41) is 0. The van der Waals surface area contributed by atoms with Crippen LogP contribution < -0.4 is 0 Å². The van der Waals surface area contributed by atoms with Crippen LogP contribution in [0.4, 0.5) is 0 Å². The highest BCUT2D eigenvalue weighted by atomic mass is 16.1. The lowest BCUT2D eigenvalue weighted by molar-refractivity contribution is 0.0805. The SMILES string of the molecule is Cc1cc(C(=O)CN2CCC(C(=O)c3ccccc3)CC2)c(C)n1C(C)C. The third-order valence-corrected chi connectivity index (χ3v) is 5.69. The number of carbonyl (C=O) groups is 2. The van der Waals surface area contributed by atoms with Gasteiger partial charge in [0.25, 0.3) is 0 Å². The fraction of sp³-hybridized carbons (Fsp3) is 0.478. The lowest BCUT2D eigenvalue weighted by Gasteiger charge is -2.30. The van der Waals surface area contributed by atoms with Crippen molar-refractivity contribution >= 4 is 11.6 Å². The molecular weight excluding hydrogens is 336 g/mol. The van der Waals surface area contributed by atoms with Crippen LogP contribution in [-0.2, 0) is 0 Å². The Balaban J connectivity index is 1.59. The van der Waals surface area contributed by atoms with Crippen LogP contribution in [0.5, 0.6) is 0 Å². The van der Waals surface area contributed by atoms with E-state index in [0.717, 1.165) is 48.4 Å². The number of hydrogen-bond acceptors (Lipinski definition) is 3. The Labute approximate surface area is 162 Å². The van der Waals surface area contributed by atoms with E-state index >= 15 is 0 Å². The second-order valence-corrected chi connectivity index (χ2v) is 7.95. The number of rotatable bonds is 6. The monoisotopic (exact) mass is 366 g/mol. The van der Waals surface area contributed by atoms with E-state index in [1.54, 1.807) is 0 Å². The highest BCUT2D eigenvalue weighted by Gasteiger charge is 2.27. The molecule has 0 unspecified atom stereocenters. The first-order chi connectivity index (χ1) is 12.9. The summed E-state index contributed by atoms with van der Waals surface area (Å²) in [4.78, 5) is 27.6. The highest BCUT2D eigenvalue weighted by Crippen LogP contribution is 2.24. The number of benzene rings is 1. The molecule has 2 aromatic rings. The maximum atomic E-state index is 12.8. The molecule has 1 aromatic heterocycles. The van der Waals surface area contributed by atoms with E-state index in [4.69, 9.17) is 0 Å². The van der Waals surface area contributed by atoms with Gasteiger partial charge >= 0.3 is 0 Å². The molecule has 3 rings (SSSR count). The zero-order valence-electron chi connectivity index (χ0n) is 16.9. The van der Waals surface area contributed by atoms with Crippen LogP contribution >= 0.6 is 0 Å². The molecule has 0 spiro atoms. The first kappa shape index (κ1) is 19.6. The fourth-order valence-electron chi connectivity index (χ4n) is 4.33. The van der Waals surface area contributed by atoms with Crippen LogP contribution in [0, 0.1) is 19.8 Å². The molecule has 0 N–H and O–H groups in total. The molecule has 0 atom stereocenters. The van der Waals surface area contributed by atoms with Gasteiger partial charge in [-0.2, -0.15) is 0 Å². The van der Waals surface area contributed by atoms with Crippen molar-refractivity contribution in [2.75, 3.05) is 19.6 Å². The lowest BCUT2D eigenvalue weighted by atomic mass is 9.89. The second kappa shape index (κ2) is 8.22. The third-order valence-electron chi connectivity index (χ3n) is 5.69. The maximum Gasteiger partial charge on any atom is 0.178 e. The van der Waals surface area contributed by atoms with Crippen LogP contribution in [0.1, 0.15) is 64.8 Å². The van der Waals surface area contributed by atoms with Crippen molar-refractivity contribution < 1.29 is 9.59 Å². The molecule has 1 aliphatic rings. The molecule has 0 aliphatic carbocycles. The Morgan fingerprint density at radius 1 is 1.07 bits per heavy atom. The third kappa shape index (κ3) is 4.22. The van der Waals surface area contributed by atoms with Gasteiger partial charge < -0.3 is 4.57 Å². The normalized spacial score (nSPS) is 16.0. The van der Waals surface area contributed by atoms with E-state index in [1.165, 1.54) is 0 Å².